The molecule has 8 heteroatoms. The van der Waals surface area contributed by atoms with Crippen LogP contribution in [-0.2, 0) is 11.2 Å². The first-order chi connectivity index (χ1) is 9.74. The van der Waals surface area contributed by atoms with Crippen LogP contribution in [0.25, 0.3) is 11.0 Å². The first kappa shape index (κ1) is 12.7. The van der Waals surface area contributed by atoms with E-state index in [9.17, 15) is 4.55 Å². The van der Waals surface area contributed by atoms with Gasteiger partial charge in [-0.3, -0.25) is 4.98 Å². The third-order valence-electron chi connectivity index (χ3n) is 2.56. The summed E-state index contributed by atoms with van der Waals surface area (Å²) in [6.45, 7) is 0. The van der Waals surface area contributed by atoms with Crippen LogP contribution in [0, 0.1) is 0 Å². The number of rotatable bonds is 3. The predicted molar refractivity (Wildman–Crippen MR) is 75.0 cm³/mol. The number of hydrogen-bond acceptors (Lipinski definition) is 7. The lowest BCUT2D eigenvalue weighted by Crippen LogP contribution is -2.06. The highest BCUT2D eigenvalue weighted by Crippen LogP contribution is 2.21. The van der Waals surface area contributed by atoms with Crippen LogP contribution in [0.2, 0.25) is 0 Å². The molecule has 3 aromatic heterocycles. The summed E-state index contributed by atoms with van der Waals surface area (Å²) in [5.74, 6) is 0.537. The van der Waals surface area contributed by atoms with Crippen molar-refractivity contribution in [2.24, 2.45) is 0 Å². The van der Waals surface area contributed by atoms with Gasteiger partial charge in [-0.25, -0.2) is 9.97 Å². The molecule has 100 valence electrons. The van der Waals surface area contributed by atoms with Gasteiger partial charge in [0.15, 0.2) is 5.82 Å². The molecule has 0 saturated heterocycles. The molecular weight excluding hydrogens is 276 g/mol. The smallest absolute Gasteiger partial charge is 0.343 e. The van der Waals surface area contributed by atoms with Gasteiger partial charge in [0.2, 0.25) is 0 Å². The molecule has 0 fully saturated rings. The molecule has 0 aromatic carbocycles. The zero-order chi connectivity index (χ0) is 13.9. The van der Waals surface area contributed by atoms with Crippen LogP contribution in [0.3, 0.4) is 0 Å². The van der Waals surface area contributed by atoms with Gasteiger partial charge >= 0.3 is 5.16 Å². The monoisotopic (exact) mass is 286 g/mol. The van der Waals surface area contributed by atoms with Crippen molar-refractivity contribution in [3.05, 3.63) is 37.1 Å². The maximum absolute atomic E-state index is 11.5. The highest BCUT2D eigenvalue weighted by Gasteiger charge is 2.13. The van der Waals surface area contributed by atoms with Gasteiger partial charge in [0.05, 0.1) is 6.20 Å². The Labute approximate surface area is 117 Å². The number of hydrogen-bond donors (Lipinski definition) is 1. The van der Waals surface area contributed by atoms with Crippen molar-refractivity contribution < 1.29 is 4.55 Å². The lowest BCUT2D eigenvalue weighted by atomic mass is 10.3. The number of pyridine rings is 1. The number of nitrogens with zero attached hydrogens (tertiary/aromatic N) is 5. The molecule has 1 unspecified atom stereocenters. The molecule has 0 spiro atoms. The molecule has 0 bridgehead atoms. The maximum Gasteiger partial charge on any atom is 0.343 e. The van der Waals surface area contributed by atoms with Gasteiger partial charge in [-0.2, -0.15) is 9.97 Å². The number of nitrogens with one attached hydrogen (secondary N) is 1. The van der Waals surface area contributed by atoms with Gasteiger partial charge in [0.1, 0.15) is 23.6 Å². The minimum absolute atomic E-state index is 0.255. The first-order valence-corrected chi connectivity index (χ1v) is 7.28. The Morgan fingerprint density at radius 2 is 1.95 bits per heavy atom. The third-order valence-corrected chi connectivity index (χ3v) is 3.27. The van der Waals surface area contributed by atoms with Crippen molar-refractivity contribution in [3.8, 4) is 0 Å². The molecule has 3 aromatic rings. The van der Waals surface area contributed by atoms with E-state index in [0.717, 1.165) is 5.69 Å². The average molecular weight is 286 g/mol. The Balaban J connectivity index is 2.08. The van der Waals surface area contributed by atoms with Crippen LogP contribution >= 0.6 is 0 Å². The molecule has 3 heterocycles. The van der Waals surface area contributed by atoms with Crippen molar-refractivity contribution in [2.75, 3.05) is 11.6 Å². The van der Waals surface area contributed by atoms with Gasteiger partial charge in [-0.05, 0) is 12.1 Å². The van der Waals surface area contributed by atoms with Gasteiger partial charge in [0, 0.05) is 29.3 Å². The molecule has 1 N–H and O–H groups in total. The molecular formula is C12H10N6OS. The molecule has 0 aliphatic carbocycles. The number of fused-ring (bicyclic) bond motifs is 1. The fourth-order valence-corrected chi connectivity index (χ4v) is 2.06. The van der Waals surface area contributed by atoms with Gasteiger partial charge in [-0.1, -0.05) is 0 Å². The number of anilines is 2. The molecule has 0 amide bonds. The third kappa shape index (κ3) is 2.51. The Morgan fingerprint density at radius 1 is 1.15 bits per heavy atom. The second-order valence-electron chi connectivity index (χ2n) is 3.92. The van der Waals surface area contributed by atoms with Crippen molar-refractivity contribution in [1.29, 1.82) is 0 Å². The van der Waals surface area contributed by atoms with E-state index in [-0.39, 0.29) is 5.16 Å². The van der Waals surface area contributed by atoms with E-state index >= 15 is 0 Å². The molecule has 7 nitrogen and oxygen atoms in total. The summed E-state index contributed by atoms with van der Waals surface area (Å²) in [7, 11) is 0. The van der Waals surface area contributed by atoms with E-state index in [1.807, 2.05) is 12.1 Å². The summed E-state index contributed by atoms with van der Waals surface area (Å²) in [5.41, 5.74) is 1.95. The Morgan fingerprint density at radius 3 is 2.70 bits per heavy atom. The molecule has 3 rings (SSSR count). The van der Waals surface area contributed by atoms with Crippen LogP contribution in [0.4, 0.5) is 11.5 Å². The van der Waals surface area contributed by atoms with Crippen LogP contribution in [0.15, 0.2) is 42.2 Å². The lowest BCUT2D eigenvalue weighted by Gasteiger charge is -2.08. The second-order valence-corrected chi connectivity index (χ2v) is 5.20. The summed E-state index contributed by atoms with van der Waals surface area (Å²) >= 11 is -1.26. The van der Waals surface area contributed by atoms with Crippen molar-refractivity contribution in [1.82, 2.24) is 24.9 Å². The van der Waals surface area contributed by atoms with Gasteiger partial charge in [-0.15, -0.1) is 0 Å². The van der Waals surface area contributed by atoms with Crippen molar-refractivity contribution in [2.45, 2.75) is 5.16 Å². The summed E-state index contributed by atoms with van der Waals surface area (Å²) in [6, 6.07) is 3.63. The van der Waals surface area contributed by atoms with E-state index in [2.05, 4.69) is 30.2 Å². The van der Waals surface area contributed by atoms with Gasteiger partial charge in [0.25, 0.3) is 0 Å². The minimum Gasteiger partial charge on any atom is -0.609 e. The van der Waals surface area contributed by atoms with Crippen LogP contribution in [0.5, 0.6) is 0 Å². The largest absolute Gasteiger partial charge is 0.609 e. The highest BCUT2D eigenvalue weighted by atomic mass is 32.2. The standard InChI is InChI=1S/C12H10N6OS/c1-20(19)12-14-6-9-10(18-12)11(16-7-15-9)17-8-2-4-13-5-3-8/h2-7H,1H3,(H,13,15,16,17). The summed E-state index contributed by atoms with van der Waals surface area (Å²) < 4.78 is 11.5. The van der Waals surface area contributed by atoms with Gasteiger partial charge < -0.3 is 9.87 Å². The van der Waals surface area contributed by atoms with Crippen molar-refractivity contribution in [3.63, 3.8) is 0 Å². The van der Waals surface area contributed by atoms with E-state index < -0.39 is 11.2 Å². The zero-order valence-electron chi connectivity index (χ0n) is 10.5. The molecule has 20 heavy (non-hydrogen) atoms. The lowest BCUT2D eigenvalue weighted by molar-refractivity contribution is 0.592. The predicted octanol–water partition coefficient (Wildman–Crippen LogP) is 1.30. The summed E-state index contributed by atoms with van der Waals surface area (Å²) in [4.78, 5) is 20.5. The fraction of sp³-hybridized carbons (Fsp3) is 0.0833. The second kappa shape index (κ2) is 5.35. The molecule has 0 aliphatic heterocycles. The summed E-state index contributed by atoms with van der Waals surface area (Å²) in [6.07, 6.45) is 7.84. The van der Waals surface area contributed by atoms with Crippen LogP contribution in [0.1, 0.15) is 0 Å². The minimum atomic E-state index is -1.26. The van der Waals surface area contributed by atoms with E-state index in [0.29, 0.717) is 16.9 Å². The van der Waals surface area contributed by atoms with E-state index in [1.165, 1.54) is 12.6 Å². The average Bonchev–Trinajstić information content (AvgIpc) is 2.48. The van der Waals surface area contributed by atoms with Crippen LogP contribution in [-0.4, -0.2) is 35.7 Å². The van der Waals surface area contributed by atoms with E-state index in [1.54, 1.807) is 18.6 Å². The van der Waals surface area contributed by atoms with Crippen LogP contribution < -0.4 is 5.32 Å². The molecule has 1 atom stereocenters. The fourth-order valence-electron chi connectivity index (χ4n) is 1.64. The summed E-state index contributed by atoms with van der Waals surface area (Å²) in [5, 5.41) is 3.39. The Kier molecular flexibility index (Phi) is 3.40. The topological polar surface area (TPSA) is 99.5 Å². The Bertz CT molecular complexity index is 736. The van der Waals surface area contributed by atoms with E-state index in [4.69, 9.17) is 0 Å². The normalized spacial score (nSPS) is 12.3. The zero-order valence-corrected chi connectivity index (χ0v) is 11.3. The quantitative estimate of drug-likeness (QED) is 0.572. The van der Waals surface area contributed by atoms with Crippen molar-refractivity contribution >= 4 is 33.7 Å². The highest BCUT2D eigenvalue weighted by molar-refractivity contribution is 7.90. The SMILES string of the molecule is C[S+]([O-])c1ncc2ncnc(Nc3ccncc3)c2n1. The molecule has 0 aliphatic rings. The first-order valence-electron chi connectivity index (χ1n) is 5.72. The molecule has 0 saturated carbocycles. The molecule has 0 radical (unpaired) electrons. The maximum atomic E-state index is 11.5. The Hall–Kier alpha value is -2.32. The number of aromatic nitrogens is 5.